The summed E-state index contributed by atoms with van der Waals surface area (Å²) in [6.07, 6.45) is 2.76. The fraction of sp³-hybridized carbons (Fsp3) is 0.286. The van der Waals surface area contributed by atoms with Gasteiger partial charge in [-0.25, -0.2) is 12.8 Å². The van der Waals surface area contributed by atoms with Crippen LogP contribution in [0.15, 0.2) is 47.4 Å². The van der Waals surface area contributed by atoms with Gasteiger partial charge in [0.25, 0.3) is 5.91 Å². The van der Waals surface area contributed by atoms with Gasteiger partial charge in [0.2, 0.25) is 10.0 Å². The maximum atomic E-state index is 13.9. The van der Waals surface area contributed by atoms with Crippen LogP contribution in [0, 0.1) is 12.7 Å². The van der Waals surface area contributed by atoms with Crippen LogP contribution in [0.5, 0.6) is 0 Å². The van der Waals surface area contributed by atoms with Crippen molar-refractivity contribution in [1.82, 2.24) is 4.31 Å². The predicted octanol–water partition coefficient (Wildman–Crippen LogP) is 4.78. The number of fused-ring (bicyclic) bond motifs is 1. The number of nitrogens with zero attached hydrogens (tertiary/aromatic N) is 1. The Morgan fingerprint density at radius 2 is 1.86 bits per heavy atom. The Bertz CT molecular complexity index is 1180. The highest BCUT2D eigenvalue weighted by atomic mass is 32.2. The maximum Gasteiger partial charge on any atom is 0.265 e. The Kier molecular flexibility index (Phi) is 5.42. The zero-order valence-corrected chi connectivity index (χ0v) is 17.6. The van der Waals surface area contributed by atoms with Gasteiger partial charge in [-0.15, -0.1) is 11.3 Å². The van der Waals surface area contributed by atoms with E-state index in [1.807, 2.05) is 0 Å². The molecule has 1 aromatic heterocycles. The normalized spacial score (nSPS) is 15.5. The standard InChI is InChI=1S/C21H21FN2O3S2/c1-14-8-9-15(29(26,27)24-10-3-2-4-11-24)12-18(14)23-21(25)20-13-16-17(22)6-5-7-19(16)28-20/h5-9,12-13H,2-4,10-11H2,1H3,(H,23,25). The molecule has 0 radical (unpaired) electrons. The third kappa shape index (κ3) is 3.92. The lowest BCUT2D eigenvalue weighted by Crippen LogP contribution is -2.35. The van der Waals surface area contributed by atoms with Crippen molar-refractivity contribution in [3.8, 4) is 0 Å². The Hall–Kier alpha value is -2.29. The number of carbonyl (C=O) groups excluding carboxylic acids is 1. The largest absolute Gasteiger partial charge is 0.321 e. The molecule has 0 atom stereocenters. The molecule has 0 spiro atoms. The zero-order valence-electron chi connectivity index (χ0n) is 15.9. The monoisotopic (exact) mass is 432 g/mol. The van der Waals surface area contributed by atoms with Crippen LogP contribution in [0.25, 0.3) is 10.1 Å². The van der Waals surface area contributed by atoms with E-state index in [9.17, 15) is 17.6 Å². The molecule has 2 heterocycles. The highest BCUT2D eigenvalue weighted by molar-refractivity contribution is 7.89. The topological polar surface area (TPSA) is 66.5 Å². The number of halogens is 1. The molecule has 1 amide bonds. The minimum atomic E-state index is -3.59. The summed E-state index contributed by atoms with van der Waals surface area (Å²) in [6, 6.07) is 11.0. The van der Waals surface area contributed by atoms with Crippen molar-refractivity contribution in [3.05, 3.63) is 58.7 Å². The van der Waals surface area contributed by atoms with Crippen LogP contribution in [-0.2, 0) is 10.0 Å². The molecular weight excluding hydrogens is 411 g/mol. The third-order valence-corrected chi connectivity index (χ3v) is 8.14. The van der Waals surface area contributed by atoms with Gasteiger partial charge < -0.3 is 5.32 Å². The second-order valence-corrected chi connectivity index (χ2v) is 10.2. The summed E-state index contributed by atoms with van der Waals surface area (Å²) in [7, 11) is -3.59. The second kappa shape index (κ2) is 7.85. The zero-order chi connectivity index (χ0) is 20.6. The van der Waals surface area contributed by atoms with Gasteiger partial charge in [-0.05, 0) is 55.7 Å². The van der Waals surface area contributed by atoms with Crippen LogP contribution in [0.2, 0.25) is 0 Å². The summed E-state index contributed by atoms with van der Waals surface area (Å²) in [6.45, 7) is 2.84. The lowest BCUT2D eigenvalue weighted by atomic mass is 10.2. The first-order valence-electron chi connectivity index (χ1n) is 9.46. The van der Waals surface area contributed by atoms with Gasteiger partial charge in [-0.2, -0.15) is 4.31 Å². The molecule has 8 heteroatoms. The van der Waals surface area contributed by atoms with E-state index in [4.69, 9.17) is 0 Å². The number of piperidine rings is 1. The molecule has 4 rings (SSSR count). The van der Waals surface area contributed by atoms with Crippen molar-refractivity contribution in [3.63, 3.8) is 0 Å². The van der Waals surface area contributed by atoms with E-state index in [1.165, 1.54) is 33.8 Å². The number of sulfonamides is 1. The molecule has 1 aliphatic rings. The number of hydrogen-bond donors (Lipinski definition) is 1. The number of amides is 1. The fourth-order valence-electron chi connectivity index (χ4n) is 3.47. The number of hydrogen-bond acceptors (Lipinski definition) is 4. The third-order valence-electron chi connectivity index (χ3n) is 5.14. The average molecular weight is 433 g/mol. The SMILES string of the molecule is Cc1ccc(S(=O)(=O)N2CCCCC2)cc1NC(=O)c1cc2c(F)cccc2s1. The van der Waals surface area contributed by atoms with Crippen LogP contribution in [0.4, 0.5) is 10.1 Å². The van der Waals surface area contributed by atoms with Crippen molar-refractivity contribution < 1.29 is 17.6 Å². The molecule has 2 aromatic carbocycles. The van der Waals surface area contributed by atoms with Gasteiger partial charge in [0.05, 0.1) is 9.77 Å². The van der Waals surface area contributed by atoms with Crippen molar-refractivity contribution in [2.24, 2.45) is 0 Å². The molecule has 0 unspecified atom stereocenters. The van der Waals surface area contributed by atoms with E-state index in [2.05, 4.69) is 5.32 Å². The summed E-state index contributed by atoms with van der Waals surface area (Å²) >= 11 is 1.20. The Labute approximate surface area is 173 Å². The van der Waals surface area contributed by atoms with Crippen molar-refractivity contribution in [1.29, 1.82) is 0 Å². The van der Waals surface area contributed by atoms with E-state index in [0.717, 1.165) is 24.8 Å². The van der Waals surface area contributed by atoms with Crippen LogP contribution < -0.4 is 5.32 Å². The van der Waals surface area contributed by atoms with Gasteiger partial charge >= 0.3 is 0 Å². The molecule has 1 aliphatic heterocycles. The minimum Gasteiger partial charge on any atom is -0.321 e. The summed E-state index contributed by atoms with van der Waals surface area (Å²) in [5, 5.41) is 3.19. The number of benzene rings is 2. The van der Waals surface area contributed by atoms with Crippen LogP contribution >= 0.6 is 11.3 Å². The fourth-order valence-corrected chi connectivity index (χ4v) is 5.99. The molecule has 1 saturated heterocycles. The highest BCUT2D eigenvalue weighted by Gasteiger charge is 2.26. The smallest absolute Gasteiger partial charge is 0.265 e. The molecule has 1 N–H and O–H groups in total. The Morgan fingerprint density at radius 1 is 1.10 bits per heavy atom. The summed E-state index contributed by atoms with van der Waals surface area (Å²) < 4.78 is 42.0. The van der Waals surface area contributed by atoms with Crippen molar-refractivity contribution in [2.45, 2.75) is 31.1 Å². The van der Waals surface area contributed by atoms with Crippen LogP contribution in [0.3, 0.4) is 0 Å². The summed E-state index contributed by atoms with van der Waals surface area (Å²) in [5.74, 6) is -0.759. The number of anilines is 1. The van der Waals surface area contributed by atoms with Gasteiger partial charge in [-0.3, -0.25) is 4.79 Å². The van der Waals surface area contributed by atoms with E-state index >= 15 is 0 Å². The van der Waals surface area contributed by atoms with Crippen LogP contribution in [0.1, 0.15) is 34.5 Å². The first-order valence-corrected chi connectivity index (χ1v) is 11.7. The molecule has 3 aromatic rings. The minimum absolute atomic E-state index is 0.169. The maximum absolute atomic E-state index is 13.9. The van der Waals surface area contributed by atoms with E-state index in [-0.39, 0.29) is 16.6 Å². The summed E-state index contributed by atoms with van der Waals surface area (Å²) in [4.78, 5) is 13.3. The predicted molar refractivity (Wildman–Crippen MR) is 114 cm³/mol. The molecule has 0 aliphatic carbocycles. The highest BCUT2D eigenvalue weighted by Crippen LogP contribution is 2.30. The first kappa shape index (κ1) is 20.0. The quantitative estimate of drug-likeness (QED) is 0.645. The Balaban J connectivity index is 1.62. The molecule has 5 nitrogen and oxygen atoms in total. The molecule has 29 heavy (non-hydrogen) atoms. The average Bonchev–Trinajstić information content (AvgIpc) is 3.16. The van der Waals surface area contributed by atoms with Gasteiger partial charge in [0, 0.05) is 28.9 Å². The second-order valence-electron chi connectivity index (χ2n) is 7.16. The lowest BCUT2D eigenvalue weighted by molar-refractivity contribution is 0.103. The van der Waals surface area contributed by atoms with Gasteiger partial charge in [0.1, 0.15) is 5.82 Å². The molecule has 0 saturated carbocycles. The number of aryl methyl sites for hydroxylation is 1. The van der Waals surface area contributed by atoms with Crippen LogP contribution in [-0.4, -0.2) is 31.7 Å². The Morgan fingerprint density at radius 3 is 2.59 bits per heavy atom. The number of thiophene rings is 1. The van der Waals surface area contributed by atoms with E-state index in [1.54, 1.807) is 31.2 Å². The van der Waals surface area contributed by atoms with Gasteiger partial charge in [-0.1, -0.05) is 18.6 Å². The lowest BCUT2D eigenvalue weighted by Gasteiger charge is -2.26. The number of nitrogens with one attached hydrogen (secondary N) is 1. The van der Waals surface area contributed by atoms with Crippen molar-refractivity contribution >= 4 is 43.0 Å². The first-order chi connectivity index (χ1) is 13.9. The van der Waals surface area contributed by atoms with Gasteiger partial charge in [0.15, 0.2) is 0 Å². The molecule has 1 fully saturated rings. The number of rotatable bonds is 4. The summed E-state index contributed by atoms with van der Waals surface area (Å²) in [5.41, 5.74) is 1.19. The molecule has 0 bridgehead atoms. The van der Waals surface area contributed by atoms with Crippen molar-refractivity contribution in [2.75, 3.05) is 18.4 Å². The molecule has 152 valence electrons. The van der Waals surface area contributed by atoms with E-state index < -0.39 is 10.0 Å². The number of carbonyl (C=O) groups is 1. The molecular formula is C21H21FN2O3S2. The van der Waals surface area contributed by atoms with E-state index in [0.29, 0.717) is 33.7 Å².